The second kappa shape index (κ2) is 13.4. The van der Waals surface area contributed by atoms with Crippen molar-refractivity contribution in [2.45, 2.75) is 17.8 Å². The number of fused-ring (bicyclic) bond motifs is 9. The van der Waals surface area contributed by atoms with Gasteiger partial charge in [0.15, 0.2) is 7.14 Å². The quantitative estimate of drug-likeness (QED) is 0.154. The van der Waals surface area contributed by atoms with Crippen LogP contribution in [0.4, 0.5) is 0 Å². The molecule has 0 saturated carbocycles. The minimum atomic E-state index is -3.72. The van der Waals surface area contributed by atoms with E-state index in [2.05, 4.69) is 218 Å². The van der Waals surface area contributed by atoms with Crippen molar-refractivity contribution < 1.29 is 4.57 Å². The maximum absolute atomic E-state index is 18.0. The Bertz CT molecular complexity index is 2720. The monoisotopic (exact) mass is 770 g/mol. The molecule has 59 heavy (non-hydrogen) atoms. The van der Waals surface area contributed by atoms with Crippen LogP contribution < -0.4 is 15.9 Å². The molecule has 0 heterocycles. The Kier molecular flexibility index (Phi) is 7.77. The third-order valence-electron chi connectivity index (χ3n) is 13.3. The Labute approximate surface area is 345 Å². The van der Waals surface area contributed by atoms with Crippen molar-refractivity contribution in [1.29, 1.82) is 0 Å². The molecule has 0 amide bonds. The normalized spacial score (nSPS) is 14.0. The van der Waals surface area contributed by atoms with Gasteiger partial charge in [0.25, 0.3) is 0 Å². The molecule has 9 aromatic carbocycles. The molecular formula is C57H39OP. The van der Waals surface area contributed by atoms with Crippen LogP contribution in [-0.4, -0.2) is 0 Å². The molecule has 3 aliphatic carbocycles. The molecule has 0 bridgehead atoms. The summed E-state index contributed by atoms with van der Waals surface area (Å²) in [4.78, 5) is 0. The van der Waals surface area contributed by atoms with E-state index in [0.717, 1.165) is 32.6 Å². The molecule has 0 atom stereocenters. The molecule has 0 fully saturated rings. The van der Waals surface area contributed by atoms with Gasteiger partial charge < -0.3 is 4.57 Å². The van der Waals surface area contributed by atoms with Gasteiger partial charge in [0, 0.05) is 33.7 Å². The van der Waals surface area contributed by atoms with Crippen molar-refractivity contribution in [3.63, 3.8) is 0 Å². The summed E-state index contributed by atoms with van der Waals surface area (Å²) < 4.78 is 18.0. The van der Waals surface area contributed by atoms with E-state index in [0.29, 0.717) is 0 Å². The Balaban J connectivity index is 1.18. The minimum Gasteiger partial charge on any atom is -0.309 e. The van der Waals surface area contributed by atoms with Gasteiger partial charge in [-0.05, 0) is 83.5 Å². The first-order chi connectivity index (χ1) is 29.2. The van der Waals surface area contributed by atoms with Crippen LogP contribution in [0.3, 0.4) is 0 Å². The molecule has 0 aliphatic heterocycles. The first kappa shape index (κ1) is 34.3. The summed E-state index contributed by atoms with van der Waals surface area (Å²) in [5, 5.41) is 2.70. The van der Waals surface area contributed by atoms with Gasteiger partial charge in [0.2, 0.25) is 0 Å². The highest BCUT2D eigenvalue weighted by atomic mass is 31.2. The molecule has 0 unspecified atom stereocenters. The van der Waals surface area contributed by atoms with Crippen LogP contribution in [0.5, 0.6) is 0 Å². The Morgan fingerprint density at radius 2 is 0.390 bits per heavy atom. The zero-order valence-electron chi connectivity index (χ0n) is 32.4. The highest BCUT2D eigenvalue weighted by molar-refractivity contribution is 7.85. The van der Waals surface area contributed by atoms with E-state index in [1.54, 1.807) is 0 Å². The van der Waals surface area contributed by atoms with Gasteiger partial charge >= 0.3 is 0 Å². The predicted molar refractivity (Wildman–Crippen MR) is 244 cm³/mol. The van der Waals surface area contributed by atoms with E-state index in [-0.39, 0.29) is 17.8 Å². The highest BCUT2D eigenvalue weighted by Crippen LogP contribution is 2.57. The molecule has 0 N–H and O–H groups in total. The molecule has 2 heteroatoms. The SMILES string of the molecule is O=P(c1ccccc1C1c2ccccc2-c2ccccc21)(c1ccccc1C1c2ccccc2-c2ccccc21)c1ccccc1C1c2ccccc2-c2ccccc21. The van der Waals surface area contributed by atoms with Crippen molar-refractivity contribution in [2.24, 2.45) is 0 Å². The van der Waals surface area contributed by atoms with Crippen molar-refractivity contribution in [3.05, 3.63) is 268 Å². The van der Waals surface area contributed by atoms with Gasteiger partial charge in [-0.2, -0.15) is 0 Å². The van der Waals surface area contributed by atoms with Gasteiger partial charge in [0.05, 0.1) is 0 Å². The third kappa shape index (κ3) is 4.95. The molecule has 1 nitrogen and oxygen atoms in total. The van der Waals surface area contributed by atoms with Gasteiger partial charge in [-0.1, -0.05) is 218 Å². The summed E-state index contributed by atoms with van der Waals surface area (Å²) in [5.74, 6) is -0.230. The van der Waals surface area contributed by atoms with E-state index in [1.165, 1.54) is 66.8 Å². The lowest BCUT2D eigenvalue weighted by atomic mass is 9.89. The zero-order chi connectivity index (χ0) is 39.1. The fourth-order valence-corrected chi connectivity index (χ4v) is 14.3. The molecule has 278 valence electrons. The lowest BCUT2D eigenvalue weighted by Gasteiger charge is -2.31. The average Bonchev–Trinajstić information content (AvgIpc) is 3.95. The van der Waals surface area contributed by atoms with E-state index in [1.807, 2.05) is 0 Å². The number of rotatable bonds is 6. The average molecular weight is 771 g/mol. The fraction of sp³-hybridized carbons (Fsp3) is 0.0526. The molecule has 9 aromatic rings. The second-order valence-corrected chi connectivity index (χ2v) is 18.8. The summed E-state index contributed by atoms with van der Waals surface area (Å²) in [6, 6.07) is 78.7. The van der Waals surface area contributed by atoms with Crippen LogP contribution in [-0.2, 0) is 4.57 Å². The molecule has 0 aromatic heterocycles. The Morgan fingerprint density at radius 1 is 0.220 bits per heavy atom. The van der Waals surface area contributed by atoms with Crippen molar-refractivity contribution in [1.82, 2.24) is 0 Å². The summed E-state index contributed by atoms with van der Waals surface area (Å²) in [6.45, 7) is 0. The maximum Gasteiger partial charge on any atom is 0.171 e. The smallest absolute Gasteiger partial charge is 0.171 e. The largest absolute Gasteiger partial charge is 0.309 e. The summed E-state index contributed by atoms with van der Waals surface area (Å²) in [7, 11) is -3.72. The van der Waals surface area contributed by atoms with Gasteiger partial charge in [-0.3, -0.25) is 0 Å². The van der Waals surface area contributed by atoms with Crippen LogP contribution in [0.2, 0.25) is 0 Å². The summed E-state index contributed by atoms with van der Waals surface area (Å²) >= 11 is 0. The van der Waals surface area contributed by atoms with Crippen LogP contribution in [0.15, 0.2) is 218 Å². The third-order valence-corrected chi connectivity index (χ3v) is 16.5. The van der Waals surface area contributed by atoms with Crippen LogP contribution >= 0.6 is 7.14 Å². The number of hydrogen-bond acceptors (Lipinski definition) is 1. The standard InChI is InChI=1S/C57H39OP/c58-59(52-34-16-13-31-49(52)55-43-25-7-1-19-37(43)38-20-2-8-26-44(38)55,53-35-17-14-32-50(53)56-45-27-9-3-21-39(45)40-22-4-10-28-46(40)56)54-36-18-15-33-51(54)57-47-29-11-5-23-41(47)42-24-6-12-30-48(42)57/h1-36,55-57H. The minimum absolute atomic E-state index is 0.0767. The zero-order valence-corrected chi connectivity index (χ0v) is 33.3. The lowest BCUT2D eigenvalue weighted by molar-refractivity contribution is 0.592. The molecular weight excluding hydrogens is 732 g/mol. The Hall–Kier alpha value is -6.79. The first-order valence-electron chi connectivity index (χ1n) is 20.6. The predicted octanol–water partition coefficient (Wildman–Crippen LogP) is 12.8. The van der Waals surface area contributed by atoms with E-state index in [9.17, 15) is 0 Å². The molecule has 3 aliphatic rings. The van der Waals surface area contributed by atoms with Crippen LogP contribution in [0, 0.1) is 0 Å². The highest BCUT2D eigenvalue weighted by Gasteiger charge is 2.43. The molecule has 0 radical (unpaired) electrons. The topological polar surface area (TPSA) is 17.1 Å². The van der Waals surface area contributed by atoms with Gasteiger partial charge in [0.1, 0.15) is 0 Å². The van der Waals surface area contributed by atoms with E-state index in [4.69, 9.17) is 0 Å². The lowest BCUT2D eigenvalue weighted by Crippen LogP contribution is -2.33. The molecule has 0 saturated heterocycles. The van der Waals surface area contributed by atoms with Crippen LogP contribution in [0.25, 0.3) is 33.4 Å². The Morgan fingerprint density at radius 3 is 0.610 bits per heavy atom. The summed E-state index contributed by atoms with van der Waals surface area (Å²) in [6.07, 6.45) is 0. The molecule has 0 spiro atoms. The number of hydrogen-bond donors (Lipinski definition) is 0. The van der Waals surface area contributed by atoms with Crippen molar-refractivity contribution in [2.75, 3.05) is 0 Å². The van der Waals surface area contributed by atoms with Crippen molar-refractivity contribution >= 4 is 23.1 Å². The maximum atomic E-state index is 18.0. The van der Waals surface area contributed by atoms with Gasteiger partial charge in [-0.25, -0.2) is 0 Å². The number of benzene rings is 9. The van der Waals surface area contributed by atoms with Crippen molar-refractivity contribution in [3.8, 4) is 33.4 Å². The summed E-state index contributed by atoms with van der Waals surface area (Å²) in [5.41, 5.74) is 18.3. The molecule has 12 rings (SSSR count). The van der Waals surface area contributed by atoms with E-state index >= 15 is 4.57 Å². The van der Waals surface area contributed by atoms with Crippen LogP contribution in [0.1, 0.15) is 67.8 Å². The van der Waals surface area contributed by atoms with E-state index < -0.39 is 7.14 Å². The fourth-order valence-electron chi connectivity index (χ4n) is 10.9. The second-order valence-electron chi connectivity index (χ2n) is 16.1. The first-order valence-corrected chi connectivity index (χ1v) is 22.4. The van der Waals surface area contributed by atoms with Gasteiger partial charge in [-0.15, -0.1) is 0 Å².